The predicted molar refractivity (Wildman–Crippen MR) is 71.3 cm³/mol. The van der Waals surface area contributed by atoms with Crippen molar-refractivity contribution in [1.29, 1.82) is 0 Å². The zero-order valence-corrected chi connectivity index (χ0v) is 10.9. The maximum absolute atomic E-state index is 13.0. The second-order valence-corrected chi connectivity index (χ2v) is 4.24. The monoisotopic (exact) mass is 281 g/mol. The van der Waals surface area contributed by atoms with Crippen LogP contribution in [0.5, 0.6) is 0 Å². The first-order valence-corrected chi connectivity index (χ1v) is 6.26. The number of nitrogens with zero attached hydrogens (tertiary/aromatic N) is 2. The summed E-state index contributed by atoms with van der Waals surface area (Å²) in [7, 11) is 0. The summed E-state index contributed by atoms with van der Waals surface area (Å²) in [5, 5.41) is 3.03. The van der Waals surface area contributed by atoms with Crippen molar-refractivity contribution in [3.63, 3.8) is 0 Å². The molecule has 0 fully saturated rings. The number of aromatic nitrogens is 2. The molecule has 2 aromatic rings. The van der Waals surface area contributed by atoms with Crippen molar-refractivity contribution in [2.45, 2.75) is 19.5 Å². The second kappa shape index (κ2) is 5.90. The van der Waals surface area contributed by atoms with Crippen molar-refractivity contribution >= 4 is 5.82 Å². The quantitative estimate of drug-likeness (QED) is 0.921. The first kappa shape index (κ1) is 14.3. The van der Waals surface area contributed by atoms with Crippen LogP contribution in [-0.2, 0) is 6.18 Å². The van der Waals surface area contributed by atoms with Crippen molar-refractivity contribution in [2.24, 2.45) is 0 Å². The lowest BCUT2D eigenvalue weighted by Crippen LogP contribution is -2.09. The Hall–Kier alpha value is -2.11. The molecule has 0 radical (unpaired) electrons. The number of nitrogens with one attached hydrogen (secondary N) is 1. The lowest BCUT2D eigenvalue weighted by atomic mass is 10.1. The Bertz CT molecular complexity index is 582. The molecular weight excluding hydrogens is 267 g/mol. The molecule has 0 atom stereocenters. The molecule has 1 N–H and O–H groups in total. The van der Waals surface area contributed by atoms with E-state index in [-0.39, 0.29) is 11.4 Å². The number of halogens is 3. The second-order valence-electron chi connectivity index (χ2n) is 4.24. The van der Waals surface area contributed by atoms with Gasteiger partial charge in [-0.15, -0.1) is 0 Å². The fourth-order valence-electron chi connectivity index (χ4n) is 1.77. The number of benzene rings is 1. The molecule has 20 heavy (non-hydrogen) atoms. The van der Waals surface area contributed by atoms with E-state index in [1.807, 2.05) is 6.92 Å². The maximum Gasteiger partial charge on any atom is 0.417 e. The molecule has 0 amide bonds. The molecule has 3 nitrogen and oxygen atoms in total. The van der Waals surface area contributed by atoms with Crippen molar-refractivity contribution in [3.05, 3.63) is 42.1 Å². The van der Waals surface area contributed by atoms with Gasteiger partial charge in [0.25, 0.3) is 0 Å². The molecule has 0 bridgehead atoms. The highest BCUT2D eigenvalue weighted by Crippen LogP contribution is 2.35. The Morgan fingerprint density at radius 2 is 1.90 bits per heavy atom. The molecule has 0 aliphatic carbocycles. The van der Waals surface area contributed by atoms with Crippen LogP contribution >= 0.6 is 0 Å². The summed E-state index contributed by atoms with van der Waals surface area (Å²) in [6.07, 6.45) is -2.07. The van der Waals surface area contributed by atoms with Gasteiger partial charge in [-0.2, -0.15) is 13.2 Å². The molecular formula is C14H14F3N3. The SMILES string of the molecule is CCCNc1ccnc(-c2ccccc2C(F)(F)F)n1. The van der Waals surface area contributed by atoms with Crippen LogP contribution in [0.15, 0.2) is 36.5 Å². The zero-order valence-electron chi connectivity index (χ0n) is 10.9. The van der Waals surface area contributed by atoms with Gasteiger partial charge in [0, 0.05) is 18.3 Å². The molecule has 106 valence electrons. The average molecular weight is 281 g/mol. The minimum atomic E-state index is -4.42. The summed E-state index contributed by atoms with van der Waals surface area (Å²) in [5.74, 6) is 0.591. The standard InChI is InChI=1S/C14H14F3N3/c1-2-8-18-12-7-9-19-13(20-12)10-5-3-4-6-11(10)14(15,16)17/h3-7,9H,2,8H2,1H3,(H,18,19,20). The summed E-state index contributed by atoms with van der Waals surface area (Å²) < 4.78 is 38.9. The third-order valence-electron chi connectivity index (χ3n) is 2.69. The van der Waals surface area contributed by atoms with E-state index in [4.69, 9.17) is 0 Å². The van der Waals surface area contributed by atoms with E-state index in [9.17, 15) is 13.2 Å². The highest BCUT2D eigenvalue weighted by Gasteiger charge is 2.33. The fraction of sp³-hybridized carbons (Fsp3) is 0.286. The van der Waals surface area contributed by atoms with Gasteiger partial charge in [0.1, 0.15) is 5.82 Å². The lowest BCUT2D eigenvalue weighted by molar-refractivity contribution is -0.137. The van der Waals surface area contributed by atoms with E-state index in [0.29, 0.717) is 12.4 Å². The van der Waals surface area contributed by atoms with E-state index in [1.54, 1.807) is 12.1 Å². The molecule has 1 aromatic carbocycles. The highest BCUT2D eigenvalue weighted by molar-refractivity contribution is 5.62. The molecule has 2 rings (SSSR count). The Morgan fingerprint density at radius 3 is 2.60 bits per heavy atom. The minimum absolute atomic E-state index is 0.0138. The Labute approximate surface area is 114 Å². The summed E-state index contributed by atoms with van der Waals surface area (Å²) >= 11 is 0. The van der Waals surface area contributed by atoms with Gasteiger partial charge in [-0.1, -0.05) is 25.1 Å². The van der Waals surface area contributed by atoms with Gasteiger partial charge in [0.15, 0.2) is 5.82 Å². The molecule has 0 aliphatic heterocycles. The fourth-order valence-corrected chi connectivity index (χ4v) is 1.77. The topological polar surface area (TPSA) is 37.8 Å². The normalized spacial score (nSPS) is 11.4. The molecule has 1 aromatic heterocycles. The number of anilines is 1. The van der Waals surface area contributed by atoms with Crippen LogP contribution in [0.3, 0.4) is 0 Å². The zero-order chi connectivity index (χ0) is 14.6. The number of hydrogen-bond donors (Lipinski definition) is 1. The molecule has 0 saturated heterocycles. The Morgan fingerprint density at radius 1 is 1.15 bits per heavy atom. The van der Waals surface area contributed by atoms with E-state index in [1.165, 1.54) is 18.3 Å². The summed E-state index contributed by atoms with van der Waals surface area (Å²) in [6, 6.07) is 6.94. The van der Waals surface area contributed by atoms with Crippen LogP contribution < -0.4 is 5.32 Å². The van der Waals surface area contributed by atoms with Crippen LogP contribution in [-0.4, -0.2) is 16.5 Å². The first-order chi connectivity index (χ1) is 9.52. The third-order valence-corrected chi connectivity index (χ3v) is 2.69. The summed E-state index contributed by atoms with van der Waals surface area (Å²) in [6.45, 7) is 2.70. The summed E-state index contributed by atoms with van der Waals surface area (Å²) in [4.78, 5) is 8.07. The van der Waals surface area contributed by atoms with Gasteiger partial charge in [0.2, 0.25) is 0 Å². The Kier molecular flexibility index (Phi) is 4.22. The predicted octanol–water partition coefficient (Wildman–Crippen LogP) is 3.98. The van der Waals surface area contributed by atoms with Crippen LogP contribution in [0.25, 0.3) is 11.4 Å². The van der Waals surface area contributed by atoms with Gasteiger partial charge < -0.3 is 5.32 Å². The van der Waals surface area contributed by atoms with Crippen LogP contribution in [0.4, 0.5) is 19.0 Å². The van der Waals surface area contributed by atoms with Gasteiger partial charge in [-0.05, 0) is 18.6 Å². The van der Waals surface area contributed by atoms with E-state index >= 15 is 0 Å². The van der Waals surface area contributed by atoms with E-state index in [2.05, 4.69) is 15.3 Å². The van der Waals surface area contributed by atoms with Crippen LogP contribution in [0.1, 0.15) is 18.9 Å². The molecule has 1 heterocycles. The largest absolute Gasteiger partial charge is 0.417 e. The molecule has 0 unspecified atom stereocenters. The number of alkyl halides is 3. The molecule has 0 aliphatic rings. The molecule has 0 saturated carbocycles. The van der Waals surface area contributed by atoms with Crippen LogP contribution in [0.2, 0.25) is 0 Å². The average Bonchev–Trinajstić information content (AvgIpc) is 2.44. The van der Waals surface area contributed by atoms with E-state index in [0.717, 1.165) is 12.5 Å². The lowest BCUT2D eigenvalue weighted by Gasteiger charge is -2.12. The third kappa shape index (κ3) is 3.26. The van der Waals surface area contributed by atoms with Crippen LogP contribution in [0, 0.1) is 0 Å². The van der Waals surface area contributed by atoms with E-state index < -0.39 is 11.7 Å². The molecule has 6 heteroatoms. The number of rotatable bonds is 4. The smallest absolute Gasteiger partial charge is 0.370 e. The first-order valence-electron chi connectivity index (χ1n) is 6.26. The van der Waals surface area contributed by atoms with Crippen molar-refractivity contribution in [1.82, 2.24) is 9.97 Å². The summed E-state index contributed by atoms with van der Waals surface area (Å²) in [5.41, 5.74) is -0.743. The number of hydrogen-bond acceptors (Lipinski definition) is 3. The van der Waals surface area contributed by atoms with Gasteiger partial charge in [-0.25, -0.2) is 9.97 Å². The van der Waals surface area contributed by atoms with Gasteiger partial charge in [0.05, 0.1) is 5.56 Å². The maximum atomic E-state index is 13.0. The van der Waals surface area contributed by atoms with Crippen molar-refractivity contribution in [3.8, 4) is 11.4 Å². The highest BCUT2D eigenvalue weighted by atomic mass is 19.4. The van der Waals surface area contributed by atoms with Crippen molar-refractivity contribution < 1.29 is 13.2 Å². The molecule has 0 spiro atoms. The van der Waals surface area contributed by atoms with Crippen molar-refractivity contribution in [2.75, 3.05) is 11.9 Å². The van der Waals surface area contributed by atoms with Gasteiger partial charge >= 0.3 is 6.18 Å². The Balaban J connectivity index is 2.42. The van der Waals surface area contributed by atoms with Gasteiger partial charge in [-0.3, -0.25) is 0 Å². The minimum Gasteiger partial charge on any atom is -0.370 e.